The van der Waals surface area contributed by atoms with Crippen LogP contribution in [0.1, 0.15) is 5.89 Å². The van der Waals surface area contributed by atoms with E-state index in [1.807, 2.05) is 24.3 Å². The zero-order chi connectivity index (χ0) is 12.5. The molecule has 5 nitrogen and oxygen atoms in total. The van der Waals surface area contributed by atoms with Gasteiger partial charge < -0.3 is 4.42 Å². The van der Waals surface area contributed by atoms with E-state index in [1.165, 1.54) is 11.8 Å². The van der Waals surface area contributed by atoms with Crippen molar-refractivity contribution >= 4 is 34.3 Å². The van der Waals surface area contributed by atoms with E-state index >= 15 is 0 Å². The highest BCUT2D eigenvalue weighted by atomic mass is 35.5. The van der Waals surface area contributed by atoms with Crippen LogP contribution in [-0.4, -0.2) is 20.2 Å². The highest BCUT2D eigenvalue weighted by molar-refractivity contribution is 7.99. The maximum absolute atomic E-state index is 5.89. The predicted octanol–water partition coefficient (Wildman–Crippen LogP) is 3.13. The second-order valence-electron chi connectivity index (χ2n) is 3.50. The van der Waals surface area contributed by atoms with E-state index < -0.39 is 0 Å². The molecule has 3 aromatic rings. The highest BCUT2D eigenvalue weighted by Gasteiger charge is 2.11. The van der Waals surface area contributed by atoms with Crippen LogP contribution in [0, 0.1) is 6.92 Å². The summed E-state index contributed by atoms with van der Waals surface area (Å²) in [6, 6.07) is 7.63. The van der Waals surface area contributed by atoms with Crippen LogP contribution in [-0.2, 0) is 0 Å². The third-order valence-electron chi connectivity index (χ3n) is 2.23. The molecule has 0 fully saturated rings. The number of fused-ring (bicyclic) bond motifs is 1. The monoisotopic (exact) mass is 278 g/mol. The number of para-hydroxylation sites is 1. The molecule has 18 heavy (non-hydrogen) atoms. The lowest BCUT2D eigenvalue weighted by atomic mass is 10.2. The van der Waals surface area contributed by atoms with Crippen LogP contribution in [0.2, 0.25) is 5.28 Å². The maximum Gasteiger partial charge on any atom is 0.282 e. The summed E-state index contributed by atoms with van der Waals surface area (Å²) in [5.74, 6) is 0.516. The van der Waals surface area contributed by atoms with Crippen LogP contribution in [0.4, 0.5) is 0 Å². The maximum atomic E-state index is 5.89. The summed E-state index contributed by atoms with van der Waals surface area (Å²) >= 11 is 7.17. The fraction of sp³-hybridized carbons (Fsp3) is 0.0909. The van der Waals surface area contributed by atoms with Gasteiger partial charge in [0.15, 0.2) is 0 Å². The smallest absolute Gasteiger partial charge is 0.282 e. The Morgan fingerprint density at radius 2 is 2.00 bits per heavy atom. The molecule has 0 radical (unpaired) electrons. The van der Waals surface area contributed by atoms with Crippen molar-refractivity contribution in [2.24, 2.45) is 0 Å². The number of nitrogens with zero attached hydrogens (tertiary/aromatic N) is 4. The third kappa shape index (κ3) is 2.16. The van der Waals surface area contributed by atoms with Crippen molar-refractivity contribution < 1.29 is 4.42 Å². The molecule has 0 spiro atoms. The Bertz CT molecular complexity index is 715. The summed E-state index contributed by atoms with van der Waals surface area (Å²) in [5.41, 5.74) is 0.788. The second kappa shape index (κ2) is 4.55. The van der Waals surface area contributed by atoms with Gasteiger partial charge in [-0.05, 0) is 29.4 Å². The van der Waals surface area contributed by atoms with Gasteiger partial charge in [0.1, 0.15) is 5.03 Å². The van der Waals surface area contributed by atoms with Crippen LogP contribution in [0.25, 0.3) is 10.9 Å². The van der Waals surface area contributed by atoms with Gasteiger partial charge in [0.2, 0.25) is 11.2 Å². The fourth-order valence-corrected chi connectivity index (χ4v) is 2.55. The van der Waals surface area contributed by atoms with Gasteiger partial charge in [-0.2, -0.15) is 0 Å². The van der Waals surface area contributed by atoms with E-state index in [9.17, 15) is 0 Å². The summed E-state index contributed by atoms with van der Waals surface area (Å²) in [6.07, 6.45) is 0. The van der Waals surface area contributed by atoms with Crippen molar-refractivity contribution in [2.75, 3.05) is 0 Å². The van der Waals surface area contributed by atoms with Crippen molar-refractivity contribution in [2.45, 2.75) is 17.2 Å². The molecule has 3 rings (SSSR count). The first-order valence-corrected chi connectivity index (χ1v) is 6.32. The molecule has 1 aromatic carbocycles. The molecule has 0 N–H and O–H groups in total. The second-order valence-corrected chi connectivity index (χ2v) is 4.78. The van der Waals surface area contributed by atoms with Gasteiger partial charge in [-0.15, -0.1) is 10.2 Å². The Hall–Kier alpha value is -1.66. The summed E-state index contributed by atoms with van der Waals surface area (Å²) in [7, 11) is 0. The third-order valence-corrected chi connectivity index (χ3v) is 3.25. The molecule has 0 aliphatic heterocycles. The average molecular weight is 279 g/mol. The first-order valence-electron chi connectivity index (χ1n) is 5.12. The minimum atomic E-state index is 0.201. The number of rotatable bonds is 2. The standard InChI is InChI=1S/C11H7ClN4OS/c1-6-15-16-11(17-6)18-9-7-4-2-3-5-8(7)13-10(12)14-9/h2-5H,1H3. The quantitative estimate of drug-likeness (QED) is 0.530. The first-order chi connectivity index (χ1) is 8.72. The lowest BCUT2D eigenvalue weighted by molar-refractivity contribution is 0.429. The molecule has 7 heteroatoms. The van der Waals surface area contributed by atoms with Gasteiger partial charge in [0, 0.05) is 12.3 Å². The summed E-state index contributed by atoms with van der Waals surface area (Å²) in [6.45, 7) is 1.74. The van der Waals surface area contributed by atoms with Gasteiger partial charge in [0.25, 0.3) is 5.22 Å². The average Bonchev–Trinajstić information content (AvgIpc) is 2.74. The van der Waals surface area contributed by atoms with Gasteiger partial charge in [-0.25, -0.2) is 9.97 Å². The van der Waals surface area contributed by atoms with Gasteiger partial charge in [0.05, 0.1) is 5.52 Å². The number of aromatic nitrogens is 4. The Morgan fingerprint density at radius 3 is 2.78 bits per heavy atom. The Morgan fingerprint density at radius 1 is 1.17 bits per heavy atom. The molecule has 2 heterocycles. The van der Waals surface area contributed by atoms with Crippen molar-refractivity contribution in [3.63, 3.8) is 0 Å². The normalized spacial score (nSPS) is 11.0. The van der Waals surface area contributed by atoms with Gasteiger partial charge in [-0.1, -0.05) is 18.2 Å². The predicted molar refractivity (Wildman–Crippen MR) is 67.7 cm³/mol. The zero-order valence-electron chi connectivity index (χ0n) is 9.29. The van der Waals surface area contributed by atoms with E-state index in [-0.39, 0.29) is 5.28 Å². The first kappa shape index (κ1) is 11.4. The van der Waals surface area contributed by atoms with E-state index in [2.05, 4.69) is 20.2 Å². The van der Waals surface area contributed by atoms with E-state index in [0.29, 0.717) is 16.1 Å². The minimum absolute atomic E-state index is 0.201. The molecule has 2 aromatic heterocycles. The molecule has 0 unspecified atom stereocenters. The molecule has 0 bridgehead atoms. The molecule has 0 saturated carbocycles. The molecular formula is C11H7ClN4OS. The van der Waals surface area contributed by atoms with Crippen LogP contribution < -0.4 is 0 Å². The number of aryl methyl sites for hydroxylation is 1. The van der Waals surface area contributed by atoms with Crippen LogP contribution in [0.3, 0.4) is 0 Å². The molecular weight excluding hydrogens is 272 g/mol. The number of benzene rings is 1. The van der Waals surface area contributed by atoms with E-state index in [0.717, 1.165) is 10.9 Å². The summed E-state index contributed by atoms with van der Waals surface area (Å²) in [4.78, 5) is 8.35. The van der Waals surface area contributed by atoms with Crippen LogP contribution >= 0.6 is 23.4 Å². The van der Waals surface area contributed by atoms with Crippen LogP contribution in [0.5, 0.6) is 0 Å². The number of hydrogen-bond donors (Lipinski definition) is 0. The Kier molecular flexibility index (Phi) is 2.89. The fourth-order valence-electron chi connectivity index (χ4n) is 1.50. The Balaban J connectivity index is 2.10. The molecule has 90 valence electrons. The van der Waals surface area contributed by atoms with E-state index in [4.69, 9.17) is 16.0 Å². The molecule has 0 aliphatic carbocycles. The number of halogens is 1. The minimum Gasteiger partial charge on any atom is -0.416 e. The van der Waals surface area contributed by atoms with E-state index in [1.54, 1.807) is 6.92 Å². The lowest BCUT2D eigenvalue weighted by Gasteiger charge is -2.02. The molecule has 0 atom stereocenters. The highest BCUT2D eigenvalue weighted by Crippen LogP contribution is 2.31. The SMILES string of the molecule is Cc1nnc(Sc2nc(Cl)nc3ccccc23)o1. The lowest BCUT2D eigenvalue weighted by Crippen LogP contribution is -1.89. The zero-order valence-corrected chi connectivity index (χ0v) is 10.9. The topological polar surface area (TPSA) is 64.7 Å². The van der Waals surface area contributed by atoms with Gasteiger partial charge >= 0.3 is 0 Å². The summed E-state index contributed by atoms with van der Waals surface area (Å²) in [5, 5.41) is 9.94. The van der Waals surface area contributed by atoms with Crippen molar-refractivity contribution in [3.8, 4) is 0 Å². The van der Waals surface area contributed by atoms with Crippen molar-refractivity contribution in [3.05, 3.63) is 35.4 Å². The van der Waals surface area contributed by atoms with Crippen molar-refractivity contribution in [1.82, 2.24) is 20.2 Å². The largest absolute Gasteiger partial charge is 0.416 e. The number of hydrogen-bond acceptors (Lipinski definition) is 6. The van der Waals surface area contributed by atoms with Crippen LogP contribution in [0.15, 0.2) is 38.9 Å². The van der Waals surface area contributed by atoms with Crippen molar-refractivity contribution in [1.29, 1.82) is 0 Å². The Labute approximate surface area is 112 Å². The molecule has 0 amide bonds. The molecule has 0 saturated heterocycles. The summed E-state index contributed by atoms with van der Waals surface area (Å²) < 4.78 is 5.31. The van der Waals surface area contributed by atoms with Gasteiger partial charge in [-0.3, -0.25) is 0 Å². The molecule has 0 aliphatic rings.